The third kappa shape index (κ3) is 6.19. The van der Waals surface area contributed by atoms with E-state index in [2.05, 4.69) is 26.0 Å². The molecular weight excluding hydrogens is 573 g/mol. The Hall–Kier alpha value is -3.59. The zero-order chi connectivity index (χ0) is 27.6. The molecular formula is C30H26BrF3N2O3. The van der Waals surface area contributed by atoms with Gasteiger partial charge in [-0.15, -0.1) is 13.2 Å². The Kier molecular flexibility index (Phi) is 7.79. The van der Waals surface area contributed by atoms with E-state index in [0.717, 1.165) is 28.4 Å². The highest BCUT2D eigenvalue weighted by molar-refractivity contribution is 9.10. The van der Waals surface area contributed by atoms with Gasteiger partial charge in [-0.3, -0.25) is 4.79 Å². The number of pyridine rings is 1. The summed E-state index contributed by atoms with van der Waals surface area (Å²) >= 11 is 3.50. The molecule has 1 aliphatic rings. The molecule has 0 spiro atoms. The predicted molar refractivity (Wildman–Crippen MR) is 147 cm³/mol. The first-order chi connectivity index (χ1) is 18.7. The van der Waals surface area contributed by atoms with E-state index in [0.29, 0.717) is 35.0 Å². The summed E-state index contributed by atoms with van der Waals surface area (Å²) in [4.78, 5) is 18.8. The third-order valence-corrected chi connectivity index (χ3v) is 7.33. The number of nitrogens with one attached hydrogen (secondary N) is 1. The van der Waals surface area contributed by atoms with Crippen LogP contribution in [0.25, 0.3) is 22.2 Å². The van der Waals surface area contributed by atoms with Gasteiger partial charge in [0.2, 0.25) is 0 Å². The van der Waals surface area contributed by atoms with E-state index in [1.54, 1.807) is 6.07 Å². The summed E-state index contributed by atoms with van der Waals surface area (Å²) in [5, 5.41) is 3.84. The summed E-state index contributed by atoms with van der Waals surface area (Å²) in [5.74, 6) is -0.703. The molecule has 1 aliphatic carbocycles. The van der Waals surface area contributed by atoms with Crippen molar-refractivity contribution in [3.63, 3.8) is 0 Å². The van der Waals surface area contributed by atoms with Gasteiger partial charge >= 0.3 is 6.36 Å². The Morgan fingerprint density at radius 3 is 2.41 bits per heavy atom. The molecule has 1 aromatic heterocycles. The first kappa shape index (κ1) is 27.0. The fourth-order valence-corrected chi connectivity index (χ4v) is 5.42. The summed E-state index contributed by atoms with van der Waals surface area (Å²) in [6.45, 7) is 1.88. The van der Waals surface area contributed by atoms with E-state index < -0.39 is 24.3 Å². The lowest BCUT2D eigenvalue weighted by atomic mass is 9.91. The highest BCUT2D eigenvalue weighted by Crippen LogP contribution is 2.35. The molecule has 1 fully saturated rings. The van der Waals surface area contributed by atoms with Crippen LogP contribution in [0.15, 0.2) is 77.3 Å². The van der Waals surface area contributed by atoms with Crippen LogP contribution in [0.2, 0.25) is 0 Å². The molecule has 0 aliphatic heterocycles. The number of para-hydroxylation sites is 2. The molecule has 4 aromatic rings. The Labute approximate surface area is 232 Å². The standard InChI is InChI=1S/C30H26BrF3N2O3/c1-18-27(21-17-20(31)15-16-22(21)35-28(18)19-9-3-2-4-10-19)29(37)36-23-11-5-6-12-24(23)38-25-13-7-8-14-26(25)39-30(32,33)34/h2-4,7-10,13-17,23-24H,5-6,11-12H2,1H3,(H,36,37). The largest absolute Gasteiger partial charge is 0.573 e. The molecule has 39 heavy (non-hydrogen) atoms. The minimum atomic E-state index is -4.84. The van der Waals surface area contributed by atoms with Crippen molar-refractivity contribution >= 4 is 32.7 Å². The van der Waals surface area contributed by atoms with Crippen molar-refractivity contribution in [2.75, 3.05) is 0 Å². The average Bonchev–Trinajstić information content (AvgIpc) is 2.90. The van der Waals surface area contributed by atoms with Gasteiger partial charge in [0.1, 0.15) is 6.10 Å². The molecule has 9 heteroatoms. The summed E-state index contributed by atoms with van der Waals surface area (Å²) in [6, 6.07) is 20.6. The maximum absolute atomic E-state index is 13.9. The molecule has 5 nitrogen and oxygen atoms in total. The Morgan fingerprint density at radius 1 is 0.974 bits per heavy atom. The average molecular weight is 599 g/mol. The number of halogens is 4. The second-order valence-corrected chi connectivity index (χ2v) is 10.4. The van der Waals surface area contributed by atoms with Crippen LogP contribution in [0, 0.1) is 6.92 Å². The van der Waals surface area contributed by atoms with Crippen LogP contribution in [0.4, 0.5) is 13.2 Å². The molecule has 3 aromatic carbocycles. The fraction of sp³-hybridized carbons (Fsp3) is 0.267. The number of carbonyl (C=O) groups is 1. The number of rotatable bonds is 6. The monoisotopic (exact) mass is 598 g/mol. The second kappa shape index (κ2) is 11.3. The predicted octanol–water partition coefficient (Wildman–Crippen LogP) is 7.99. The van der Waals surface area contributed by atoms with E-state index in [9.17, 15) is 18.0 Å². The number of amides is 1. The lowest BCUT2D eigenvalue weighted by Gasteiger charge is -2.33. The summed E-state index contributed by atoms with van der Waals surface area (Å²) in [7, 11) is 0. The second-order valence-electron chi connectivity index (χ2n) is 9.50. The lowest BCUT2D eigenvalue weighted by Crippen LogP contribution is -2.48. The topological polar surface area (TPSA) is 60.5 Å². The van der Waals surface area contributed by atoms with Gasteiger partial charge in [-0.25, -0.2) is 4.98 Å². The number of benzene rings is 3. The lowest BCUT2D eigenvalue weighted by molar-refractivity contribution is -0.275. The Bertz CT molecular complexity index is 1490. The number of fused-ring (bicyclic) bond motifs is 1. The molecule has 2 unspecified atom stereocenters. The van der Waals surface area contributed by atoms with Crippen molar-refractivity contribution < 1.29 is 27.4 Å². The first-order valence-corrected chi connectivity index (χ1v) is 13.5. The maximum Gasteiger partial charge on any atom is 0.573 e. The van der Waals surface area contributed by atoms with Crippen molar-refractivity contribution in [1.29, 1.82) is 0 Å². The molecule has 5 rings (SSSR count). The summed E-state index contributed by atoms with van der Waals surface area (Å²) in [5.41, 5.74) is 3.54. The van der Waals surface area contributed by atoms with Gasteiger partial charge in [0.25, 0.3) is 5.91 Å². The minimum absolute atomic E-state index is 0.0122. The molecule has 1 N–H and O–H groups in total. The summed E-state index contributed by atoms with van der Waals surface area (Å²) < 4.78 is 49.9. The van der Waals surface area contributed by atoms with Crippen molar-refractivity contribution in [3.8, 4) is 22.8 Å². The zero-order valence-electron chi connectivity index (χ0n) is 21.1. The Balaban J connectivity index is 1.47. The zero-order valence-corrected chi connectivity index (χ0v) is 22.7. The maximum atomic E-state index is 13.9. The molecule has 1 heterocycles. The van der Waals surface area contributed by atoms with Gasteiger partial charge in [0.15, 0.2) is 11.5 Å². The third-order valence-electron chi connectivity index (χ3n) is 6.84. The highest BCUT2D eigenvalue weighted by atomic mass is 79.9. The van der Waals surface area contributed by atoms with E-state index >= 15 is 0 Å². The van der Waals surface area contributed by atoms with E-state index in [4.69, 9.17) is 9.72 Å². The van der Waals surface area contributed by atoms with Crippen molar-refractivity contribution in [2.45, 2.75) is 51.1 Å². The van der Waals surface area contributed by atoms with Crippen LogP contribution in [-0.2, 0) is 0 Å². The molecule has 202 valence electrons. The van der Waals surface area contributed by atoms with E-state index in [1.165, 1.54) is 18.2 Å². The van der Waals surface area contributed by atoms with Crippen molar-refractivity contribution in [1.82, 2.24) is 10.3 Å². The molecule has 0 radical (unpaired) electrons. The number of nitrogens with zero attached hydrogens (tertiary/aromatic N) is 1. The number of hydrogen-bond acceptors (Lipinski definition) is 4. The summed E-state index contributed by atoms with van der Waals surface area (Å²) in [6.07, 6.45) is -2.44. The van der Waals surface area contributed by atoms with Crippen LogP contribution in [0.1, 0.15) is 41.6 Å². The number of alkyl halides is 3. The van der Waals surface area contributed by atoms with Crippen molar-refractivity contribution in [2.24, 2.45) is 0 Å². The smallest absolute Gasteiger partial charge is 0.484 e. The number of hydrogen-bond donors (Lipinski definition) is 1. The molecule has 2 atom stereocenters. The molecule has 1 saturated carbocycles. The number of ether oxygens (including phenoxy) is 2. The quantitative estimate of drug-likeness (QED) is 0.244. The van der Waals surface area contributed by atoms with Crippen LogP contribution < -0.4 is 14.8 Å². The van der Waals surface area contributed by atoms with Gasteiger partial charge in [-0.1, -0.05) is 64.8 Å². The van der Waals surface area contributed by atoms with Gasteiger partial charge in [-0.2, -0.15) is 0 Å². The number of carbonyl (C=O) groups excluding carboxylic acids is 1. The van der Waals surface area contributed by atoms with Gasteiger partial charge in [0.05, 0.1) is 22.8 Å². The minimum Gasteiger partial charge on any atom is -0.484 e. The SMILES string of the molecule is Cc1c(-c2ccccc2)nc2ccc(Br)cc2c1C(=O)NC1CCCCC1Oc1ccccc1OC(F)(F)F. The molecule has 0 saturated heterocycles. The normalized spacial score (nSPS) is 17.6. The van der Waals surface area contributed by atoms with Crippen LogP contribution in [-0.4, -0.2) is 29.4 Å². The Morgan fingerprint density at radius 2 is 1.67 bits per heavy atom. The van der Waals surface area contributed by atoms with Gasteiger partial charge in [-0.05, 0) is 62.1 Å². The molecule has 0 bridgehead atoms. The van der Waals surface area contributed by atoms with E-state index in [1.807, 2.05) is 55.5 Å². The molecule has 1 amide bonds. The fourth-order valence-electron chi connectivity index (χ4n) is 5.06. The van der Waals surface area contributed by atoms with Crippen molar-refractivity contribution in [3.05, 3.63) is 88.4 Å². The van der Waals surface area contributed by atoms with Gasteiger partial charge < -0.3 is 14.8 Å². The van der Waals surface area contributed by atoms with Crippen LogP contribution in [0.5, 0.6) is 11.5 Å². The number of aromatic nitrogens is 1. The van der Waals surface area contributed by atoms with Crippen LogP contribution in [0.3, 0.4) is 0 Å². The van der Waals surface area contributed by atoms with E-state index in [-0.39, 0.29) is 11.7 Å². The van der Waals surface area contributed by atoms with Crippen LogP contribution >= 0.6 is 15.9 Å². The highest BCUT2D eigenvalue weighted by Gasteiger charge is 2.34. The van der Waals surface area contributed by atoms with Gasteiger partial charge in [0, 0.05) is 15.4 Å². The first-order valence-electron chi connectivity index (χ1n) is 12.7.